The second-order valence-electron chi connectivity index (χ2n) is 4.61. The zero-order valence-corrected chi connectivity index (χ0v) is 11.8. The van der Waals surface area contributed by atoms with Crippen molar-refractivity contribution >= 4 is 23.1 Å². The molecule has 0 bridgehead atoms. The first-order valence-corrected chi connectivity index (χ1v) is 6.11. The summed E-state index contributed by atoms with van der Waals surface area (Å²) in [6, 6.07) is -0.607. The van der Waals surface area contributed by atoms with Gasteiger partial charge in [0.1, 0.15) is 12.4 Å². The van der Waals surface area contributed by atoms with E-state index in [2.05, 4.69) is 15.0 Å². The van der Waals surface area contributed by atoms with Crippen LogP contribution in [-0.4, -0.2) is 39.7 Å². The van der Waals surface area contributed by atoms with Crippen molar-refractivity contribution in [1.29, 1.82) is 0 Å². The van der Waals surface area contributed by atoms with Crippen LogP contribution in [0, 0.1) is 5.92 Å². The van der Waals surface area contributed by atoms with Gasteiger partial charge in [-0.1, -0.05) is 13.8 Å². The third-order valence-electron chi connectivity index (χ3n) is 3.02. The van der Waals surface area contributed by atoms with Crippen LogP contribution in [0.5, 0.6) is 5.88 Å². The molecule has 0 aliphatic carbocycles. The highest BCUT2D eigenvalue weighted by molar-refractivity contribution is 5.83. The maximum Gasteiger partial charge on any atom is 0.329 e. The number of ether oxygens (including phenoxy) is 2. The van der Waals surface area contributed by atoms with Gasteiger partial charge < -0.3 is 15.2 Å². The molecule has 0 aliphatic heterocycles. The predicted molar refractivity (Wildman–Crippen MR) is 72.2 cm³/mol. The topological polar surface area (TPSA) is 105 Å². The van der Waals surface area contributed by atoms with E-state index in [1.165, 1.54) is 20.5 Å². The molecule has 108 valence electrons. The Bertz CT molecular complexity index is 637. The third kappa shape index (κ3) is 2.13. The summed E-state index contributed by atoms with van der Waals surface area (Å²) in [6.45, 7) is 3.79. The van der Waals surface area contributed by atoms with Gasteiger partial charge >= 0.3 is 5.97 Å². The summed E-state index contributed by atoms with van der Waals surface area (Å²) in [5.74, 6) is 0.0439. The number of nitrogens with two attached hydrogens (primary N) is 1. The van der Waals surface area contributed by atoms with Crippen molar-refractivity contribution in [2.24, 2.45) is 5.92 Å². The number of aromatic nitrogens is 4. The van der Waals surface area contributed by atoms with E-state index in [4.69, 9.17) is 15.2 Å². The van der Waals surface area contributed by atoms with Gasteiger partial charge in [0.15, 0.2) is 11.2 Å². The summed E-state index contributed by atoms with van der Waals surface area (Å²) in [4.78, 5) is 24.3. The fourth-order valence-corrected chi connectivity index (χ4v) is 2.13. The van der Waals surface area contributed by atoms with Crippen LogP contribution >= 0.6 is 0 Å². The molecule has 8 nitrogen and oxygen atoms in total. The van der Waals surface area contributed by atoms with Crippen LogP contribution < -0.4 is 10.5 Å². The summed E-state index contributed by atoms with van der Waals surface area (Å²) < 4.78 is 11.5. The molecule has 0 amide bonds. The number of carbonyl (C=O) groups is 1. The minimum absolute atomic E-state index is 0.0388. The number of hydrogen-bond acceptors (Lipinski definition) is 7. The molecule has 1 unspecified atom stereocenters. The number of methoxy groups -OCH3 is 2. The summed E-state index contributed by atoms with van der Waals surface area (Å²) in [5, 5.41) is 0. The molecule has 0 fully saturated rings. The third-order valence-corrected chi connectivity index (χ3v) is 3.02. The van der Waals surface area contributed by atoms with Gasteiger partial charge in [-0.2, -0.15) is 4.98 Å². The monoisotopic (exact) mass is 279 g/mol. The highest BCUT2D eigenvalue weighted by Gasteiger charge is 2.30. The molecule has 0 saturated heterocycles. The summed E-state index contributed by atoms with van der Waals surface area (Å²) >= 11 is 0. The van der Waals surface area contributed by atoms with Crippen molar-refractivity contribution in [3.05, 3.63) is 6.33 Å². The van der Waals surface area contributed by atoms with Crippen LogP contribution in [0.2, 0.25) is 0 Å². The Labute approximate surface area is 115 Å². The van der Waals surface area contributed by atoms with Crippen LogP contribution in [0.15, 0.2) is 6.33 Å². The zero-order valence-electron chi connectivity index (χ0n) is 11.8. The molecule has 2 N–H and O–H groups in total. The lowest BCUT2D eigenvalue weighted by Crippen LogP contribution is -2.27. The largest absolute Gasteiger partial charge is 0.479 e. The second kappa shape index (κ2) is 5.32. The number of hydrogen-bond donors (Lipinski definition) is 1. The van der Waals surface area contributed by atoms with E-state index in [1.54, 1.807) is 4.57 Å². The van der Waals surface area contributed by atoms with Crippen molar-refractivity contribution in [2.45, 2.75) is 19.9 Å². The Morgan fingerprint density at radius 3 is 2.60 bits per heavy atom. The summed E-state index contributed by atoms with van der Waals surface area (Å²) in [5.41, 5.74) is 6.79. The van der Waals surface area contributed by atoms with Crippen LogP contribution in [0.3, 0.4) is 0 Å². The number of nitrogen functional groups attached to an aromatic ring is 1. The number of imidazole rings is 1. The smallest absolute Gasteiger partial charge is 0.329 e. The Hall–Kier alpha value is -2.38. The van der Waals surface area contributed by atoms with E-state index in [9.17, 15) is 4.79 Å². The Kier molecular flexibility index (Phi) is 3.73. The first kappa shape index (κ1) is 14.0. The van der Waals surface area contributed by atoms with Crippen molar-refractivity contribution in [1.82, 2.24) is 19.5 Å². The molecule has 0 aliphatic rings. The number of anilines is 1. The molecule has 2 heterocycles. The molecule has 0 aromatic carbocycles. The van der Waals surface area contributed by atoms with Crippen molar-refractivity contribution in [3.63, 3.8) is 0 Å². The van der Waals surface area contributed by atoms with Crippen molar-refractivity contribution < 1.29 is 14.3 Å². The second-order valence-corrected chi connectivity index (χ2v) is 4.61. The van der Waals surface area contributed by atoms with Crippen molar-refractivity contribution in [3.8, 4) is 5.88 Å². The van der Waals surface area contributed by atoms with Gasteiger partial charge in [0, 0.05) is 0 Å². The van der Waals surface area contributed by atoms with Crippen molar-refractivity contribution in [2.75, 3.05) is 20.0 Å². The first-order valence-electron chi connectivity index (χ1n) is 6.11. The number of nitrogens with zero attached hydrogens (tertiary/aromatic N) is 4. The van der Waals surface area contributed by atoms with Gasteiger partial charge in [0.05, 0.1) is 14.2 Å². The standard InChI is InChI=1S/C12H17N5O3/c1-6(2)8(11(18)20-4)17-9-7(16-12(17)13)10(19-3)15-5-14-9/h5-6,8H,1-4H3,(H2,13,16). The number of rotatable bonds is 4. The predicted octanol–water partition coefficient (Wildman–Crippen LogP) is 0.787. The fraction of sp³-hybridized carbons (Fsp3) is 0.500. The van der Waals surface area contributed by atoms with Gasteiger partial charge in [-0.25, -0.2) is 14.8 Å². The van der Waals surface area contributed by atoms with Gasteiger partial charge in [0.2, 0.25) is 11.8 Å². The lowest BCUT2D eigenvalue weighted by atomic mass is 10.0. The molecule has 20 heavy (non-hydrogen) atoms. The molecular weight excluding hydrogens is 262 g/mol. The molecule has 0 radical (unpaired) electrons. The highest BCUT2D eigenvalue weighted by Crippen LogP contribution is 2.30. The SMILES string of the molecule is COC(=O)C(C(C)C)n1c(N)nc2c(OC)ncnc21. The molecule has 8 heteroatoms. The molecule has 0 spiro atoms. The van der Waals surface area contributed by atoms with E-state index >= 15 is 0 Å². The lowest BCUT2D eigenvalue weighted by molar-refractivity contribution is -0.145. The minimum Gasteiger partial charge on any atom is -0.479 e. The Morgan fingerprint density at radius 1 is 1.35 bits per heavy atom. The zero-order chi connectivity index (χ0) is 14.9. The average molecular weight is 279 g/mol. The molecule has 2 aromatic heterocycles. The molecular formula is C12H17N5O3. The molecule has 2 aromatic rings. The minimum atomic E-state index is -0.607. The number of carbonyl (C=O) groups excluding carboxylic acids is 1. The number of esters is 1. The Morgan fingerprint density at radius 2 is 2.05 bits per heavy atom. The van der Waals surface area contributed by atoms with Gasteiger partial charge in [0.25, 0.3) is 0 Å². The quantitative estimate of drug-likeness (QED) is 0.824. The van der Waals surface area contributed by atoms with Crippen LogP contribution in [0.1, 0.15) is 19.9 Å². The Balaban J connectivity index is 2.69. The highest BCUT2D eigenvalue weighted by atomic mass is 16.5. The molecule has 2 rings (SSSR count). The van der Waals surface area contributed by atoms with E-state index < -0.39 is 12.0 Å². The van der Waals surface area contributed by atoms with Gasteiger partial charge in [-0.05, 0) is 5.92 Å². The molecule has 1 atom stereocenters. The van der Waals surface area contributed by atoms with E-state index in [0.717, 1.165) is 0 Å². The fourth-order valence-electron chi connectivity index (χ4n) is 2.13. The summed E-state index contributed by atoms with van der Waals surface area (Å²) in [7, 11) is 2.82. The van der Waals surface area contributed by atoms with Gasteiger partial charge in [-0.15, -0.1) is 0 Å². The van der Waals surface area contributed by atoms with Crippen LogP contribution in [0.25, 0.3) is 11.2 Å². The van der Waals surface area contributed by atoms with E-state index in [0.29, 0.717) is 17.0 Å². The normalized spacial score (nSPS) is 12.7. The van der Waals surface area contributed by atoms with Crippen LogP contribution in [0.4, 0.5) is 5.95 Å². The van der Waals surface area contributed by atoms with E-state index in [1.807, 2.05) is 13.8 Å². The van der Waals surface area contributed by atoms with Crippen LogP contribution in [-0.2, 0) is 9.53 Å². The van der Waals surface area contributed by atoms with E-state index in [-0.39, 0.29) is 11.9 Å². The maximum absolute atomic E-state index is 12.0. The average Bonchev–Trinajstić information content (AvgIpc) is 2.75. The van der Waals surface area contributed by atoms with Gasteiger partial charge in [-0.3, -0.25) is 4.57 Å². The number of fused-ring (bicyclic) bond motifs is 1. The first-order chi connectivity index (χ1) is 9.51. The lowest BCUT2D eigenvalue weighted by Gasteiger charge is -2.21. The summed E-state index contributed by atoms with van der Waals surface area (Å²) in [6.07, 6.45) is 1.34. The maximum atomic E-state index is 12.0. The molecule has 0 saturated carbocycles.